The molecule has 0 saturated heterocycles. The summed E-state index contributed by atoms with van der Waals surface area (Å²) in [5.41, 5.74) is 8.14. The largest absolute Gasteiger partial charge is 0.326 e. The summed E-state index contributed by atoms with van der Waals surface area (Å²) in [6.45, 7) is 10.1. The lowest BCUT2D eigenvalue weighted by atomic mass is 10.1. The van der Waals surface area contributed by atoms with Crippen molar-refractivity contribution in [2.45, 2.75) is 47.5 Å². The standard InChI is InChI=1S/C20H24N4O/c1-12-6-7-17(10-13(12)2)22-20(25)9-8-18-15(4)21-19-11-14(3)23-24(19)16(18)5/h6-7,10-11H,8-9H2,1-5H3,(H,22,25). The number of benzene rings is 1. The van der Waals surface area contributed by atoms with E-state index in [1.54, 1.807) is 0 Å². The zero-order valence-electron chi connectivity index (χ0n) is 15.5. The van der Waals surface area contributed by atoms with Crippen molar-refractivity contribution in [1.82, 2.24) is 14.6 Å². The van der Waals surface area contributed by atoms with Crippen molar-refractivity contribution in [3.8, 4) is 0 Å². The maximum Gasteiger partial charge on any atom is 0.224 e. The average Bonchev–Trinajstić information content (AvgIpc) is 2.91. The summed E-state index contributed by atoms with van der Waals surface area (Å²) in [5, 5.41) is 7.46. The van der Waals surface area contributed by atoms with Gasteiger partial charge in [-0.25, -0.2) is 9.50 Å². The van der Waals surface area contributed by atoms with E-state index < -0.39 is 0 Å². The summed E-state index contributed by atoms with van der Waals surface area (Å²) >= 11 is 0. The molecule has 0 aliphatic heterocycles. The molecule has 5 heteroatoms. The van der Waals surface area contributed by atoms with Crippen molar-refractivity contribution in [2.24, 2.45) is 0 Å². The van der Waals surface area contributed by atoms with Gasteiger partial charge < -0.3 is 5.32 Å². The van der Waals surface area contributed by atoms with Gasteiger partial charge in [-0.15, -0.1) is 0 Å². The van der Waals surface area contributed by atoms with Gasteiger partial charge >= 0.3 is 0 Å². The second-order valence-corrected chi connectivity index (χ2v) is 6.66. The van der Waals surface area contributed by atoms with E-state index in [4.69, 9.17) is 0 Å². The minimum Gasteiger partial charge on any atom is -0.326 e. The Labute approximate surface area is 148 Å². The van der Waals surface area contributed by atoms with Crippen molar-refractivity contribution in [1.29, 1.82) is 0 Å². The van der Waals surface area contributed by atoms with Gasteiger partial charge in [-0.1, -0.05) is 6.07 Å². The molecule has 0 aliphatic rings. The van der Waals surface area contributed by atoms with Crippen molar-refractivity contribution in [2.75, 3.05) is 5.32 Å². The highest BCUT2D eigenvalue weighted by molar-refractivity contribution is 5.91. The topological polar surface area (TPSA) is 59.3 Å². The predicted molar refractivity (Wildman–Crippen MR) is 100 cm³/mol. The number of anilines is 1. The Balaban J connectivity index is 1.73. The van der Waals surface area contributed by atoms with Gasteiger partial charge in [0, 0.05) is 29.6 Å². The van der Waals surface area contributed by atoms with Crippen LogP contribution in [0.4, 0.5) is 5.69 Å². The van der Waals surface area contributed by atoms with Gasteiger partial charge in [-0.2, -0.15) is 5.10 Å². The van der Waals surface area contributed by atoms with E-state index in [1.807, 2.05) is 56.5 Å². The number of fused-ring (bicyclic) bond motifs is 1. The number of nitrogens with zero attached hydrogens (tertiary/aromatic N) is 3. The molecule has 25 heavy (non-hydrogen) atoms. The van der Waals surface area contributed by atoms with Crippen LogP contribution in [0.25, 0.3) is 5.65 Å². The quantitative estimate of drug-likeness (QED) is 0.787. The fourth-order valence-corrected chi connectivity index (χ4v) is 3.08. The summed E-state index contributed by atoms with van der Waals surface area (Å²) in [5.74, 6) is 0.0128. The first-order chi connectivity index (χ1) is 11.8. The maximum absolute atomic E-state index is 12.3. The third kappa shape index (κ3) is 3.55. The van der Waals surface area contributed by atoms with Crippen LogP contribution in [0.5, 0.6) is 0 Å². The van der Waals surface area contributed by atoms with Crippen molar-refractivity contribution in [3.63, 3.8) is 0 Å². The van der Waals surface area contributed by atoms with Gasteiger partial charge in [0.15, 0.2) is 5.65 Å². The predicted octanol–water partition coefficient (Wildman–Crippen LogP) is 3.84. The molecule has 1 amide bonds. The number of rotatable bonds is 4. The highest BCUT2D eigenvalue weighted by Crippen LogP contribution is 2.18. The Hall–Kier alpha value is -2.69. The van der Waals surface area contributed by atoms with Crippen LogP contribution in [0.15, 0.2) is 24.3 Å². The Bertz CT molecular complexity index is 956. The molecule has 1 N–H and O–H groups in total. The molecule has 2 heterocycles. The smallest absolute Gasteiger partial charge is 0.224 e. The molecule has 0 spiro atoms. The molecule has 0 aliphatic carbocycles. The van der Waals surface area contributed by atoms with Crippen LogP contribution in [0.1, 0.15) is 40.2 Å². The zero-order valence-corrected chi connectivity index (χ0v) is 15.5. The second kappa shape index (κ2) is 6.67. The SMILES string of the molecule is Cc1cc2nc(C)c(CCC(=O)Nc3ccc(C)c(C)c3)c(C)n2n1. The molecule has 130 valence electrons. The van der Waals surface area contributed by atoms with E-state index in [9.17, 15) is 4.79 Å². The first-order valence-corrected chi connectivity index (χ1v) is 8.54. The minimum atomic E-state index is 0.0128. The molecule has 0 atom stereocenters. The van der Waals surface area contributed by atoms with Gasteiger partial charge in [-0.3, -0.25) is 4.79 Å². The monoisotopic (exact) mass is 336 g/mol. The minimum absolute atomic E-state index is 0.0128. The van der Waals surface area contributed by atoms with E-state index in [0.29, 0.717) is 12.8 Å². The molecule has 0 saturated carbocycles. The van der Waals surface area contributed by atoms with E-state index >= 15 is 0 Å². The summed E-state index contributed by atoms with van der Waals surface area (Å²) in [4.78, 5) is 16.9. The number of carbonyl (C=O) groups is 1. The lowest BCUT2D eigenvalue weighted by Crippen LogP contribution is -2.14. The molecule has 3 rings (SSSR count). The third-order valence-electron chi connectivity index (χ3n) is 4.68. The van der Waals surface area contributed by atoms with Gasteiger partial charge in [0.25, 0.3) is 0 Å². The van der Waals surface area contributed by atoms with E-state index in [1.165, 1.54) is 11.1 Å². The van der Waals surface area contributed by atoms with Crippen LogP contribution >= 0.6 is 0 Å². The lowest BCUT2D eigenvalue weighted by molar-refractivity contribution is -0.116. The van der Waals surface area contributed by atoms with Gasteiger partial charge in [0.2, 0.25) is 5.91 Å². The number of nitrogens with one attached hydrogen (secondary N) is 1. The summed E-state index contributed by atoms with van der Waals surface area (Å²) < 4.78 is 1.86. The van der Waals surface area contributed by atoms with Crippen molar-refractivity contribution >= 4 is 17.2 Å². The zero-order chi connectivity index (χ0) is 18.1. The molecule has 0 radical (unpaired) electrons. The van der Waals surface area contributed by atoms with Gasteiger partial charge in [0.1, 0.15) is 0 Å². The first kappa shape index (κ1) is 17.1. The normalized spacial score (nSPS) is 11.1. The lowest BCUT2D eigenvalue weighted by Gasteiger charge is -2.11. The summed E-state index contributed by atoms with van der Waals surface area (Å²) in [6, 6.07) is 7.94. The highest BCUT2D eigenvalue weighted by atomic mass is 16.1. The Kier molecular flexibility index (Phi) is 4.57. The van der Waals surface area contributed by atoms with Crippen LogP contribution in [-0.2, 0) is 11.2 Å². The van der Waals surface area contributed by atoms with E-state index in [-0.39, 0.29) is 5.91 Å². The number of carbonyl (C=O) groups excluding carboxylic acids is 1. The molecule has 5 nitrogen and oxygen atoms in total. The number of amides is 1. The van der Waals surface area contributed by atoms with Gasteiger partial charge in [-0.05, 0) is 69.9 Å². The number of aromatic nitrogens is 3. The Morgan fingerprint density at radius 3 is 2.56 bits per heavy atom. The molecule has 2 aromatic heterocycles. The van der Waals surface area contributed by atoms with Gasteiger partial charge in [0.05, 0.1) is 5.69 Å². The molecule has 0 unspecified atom stereocenters. The van der Waals surface area contributed by atoms with Crippen molar-refractivity contribution in [3.05, 3.63) is 58.0 Å². The fourth-order valence-electron chi connectivity index (χ4n) is 3.08. The van der Waals surface area contributed by atoms with Crippen molar-refractivity contribution < 1.29 is 4.79 Å². The number of hydrogen-bond acceptors (Lipinski definition) is 3. The number of hydrogen-bond donors (Lipinski definition) is 1. The fraction of sp³-hybridized carbons (Fsp3) is 0.350. The molecular formula is C20H24N4O. The average molecular weight is 336 g/mol. The summed E-state index contributed by atoms with van der Waals surface area (Å²) in [7, 11) is 0. The Morgan fingerprint density at radius 1 is 1.08 bits per heavy atom. The van der Waals surface area contributed by atoms with Crippen LogP contribution in [0.3, 0.4) is 0 Å². The van der Waals surface area contributed by atoms with E-state index in [0.717, 1.165) is 34.0 Å². The molecule has 0 bridgehead atoms. The summed E-state index contributed by atoms with van der Waals surface area (Å²) in [6.07, 6.45) is 1.07. The molecule has 0 fully saturated rings. The molecular weight excluding hydrogens is 312 g/mol. The first-order valence-electron chi connectivity index (χ1n) is 8.54. The molecule has 1 aromatic carbocycles. The van der Waals surface area contributed by atoms with Crippen LogP contribution < -0.4 is 5.32 Å². The second-order valence-electron chi connectivity index (χ2n) is 6.66. The number of aryl methyl sites for hydroxylation is 5. The van der Waals surface area contributed by atoms with Crippen LogP contribution in [0.2, 0.25) is 0 Å². The van der Waals surface area contributed by atoms with Crippen LogP contribution in [-0.4, -0.2) is 20.5 Å². The third-order valence-corrected chi connectivity index (χ3v) is 4.68. The van der Waals surface area contributed by atoms with Crippen LogP contribution in [0, 0.1) is 34.6 Å². The molecule has 3 aromatic rings. The Morgan fingerprint density at radius 2 is 1.84 bits per heavy atom. The maximum atomic E-state index is 12.3. The van der Waals surface area contributed by atoms with E-state index in [2.05, 4.69) is 22.3 Å². The highest BCUT2D eigenvalue weighted by Gasteiger charge is 2.13.